The lowest BCUT2D eigenvalue weighted by molar-refractivity contribution is -0.0429. The number of hydrogen-bond donors (Lipinski definition) is 1. The van der Waals surface area contributed by atoms with E-state index in [1.165, 1.54) is 35.1 Å². The quantitative estimate of drug-likeness (QED) is 0.393. The summed E-state index contributed by atoms with van der Waals surface area (Å²) in [5, 5.41) is 0. The molecule has 3 aromatic rings. The number of para-hydroxylation sites is 1. The average Bonchev–Trinajstić information content (AvgIpc) is 3.11. The van der Waals surface area contributed by atoms with E-state index in [0.29, 0.717) is 24.4 Å². The maximum Gasteiger partial charge on any atom is 0.516 e. The second kappa shape index (κ2) is 10.0. The van der Waals surface area contributed by atoms with Gasteiger partial charge in [-0.15, -0.1) is 6.54 Å². The number of imidazole rings is 1. The zero-order valence-corrected chi connectivity index (χ0v) is 19.2. The van der Waals surface area contributed by atoms with Gasteiger partial charge in [-0.2, -0.15) is 21.6 Å². The standard InChI is InChI=1S/C22H23F4N4O3S/c1-3-18-20(12-27)30(21(28-18)33-4-2)13-15-10-9-14(11-17(15)23)16-7-5-6-8-19(16)29-34(31,32)22(24,25)26/h5-11,27,29H,3-4,12-13H2,1-2H3/q-1. The van der Waals surface area contributed by atoms with Crippen LogP contribution in [0.25, 0.3) is 16.9 Å². The van der Waals surface area contributed by atoms with Crippen LogP contribution in [0.1, 0.15) is 30.8 Å². The highest BCUT2D eigenvalue weighted by Gasteiger charge is 2.46. The van der Waals surface area contributed by atoms with Crippen molar-refractivity contribution in [3.8, 4) is 17.1 Å². The monoisotopic (exact) mass is 499 g/mol. The van der Waals surface area contributed by atoms with Crippen molar-refractivity contribution in [2.75, 3.05) is 11.3 Å². The Morgan fingerprint density at radius 3 is 2.44 bits per heavy atom. The molecule has 0 fully saturated rings. The van der Waals surface area contributed by atoms with E-state index >= 15 is 4.39 Å². The topological polar surface area (TPSA) is 97.0 Å². The highest BCUT2D eigenvalue weighted by atomic mass is 32.2. The van der Waals surface area contributed by atoms with Crippen molar-refractivity contribution in [1.82, 2.24) is 9.55 Å². The molecular weight excluding hydrogens is 476 g/mol. The van der Waals surface area contributed by atoms with E-state index in [2.05, 4.69) is 4.98 Å². The van der Waals surface area contributed by atoms with E-state index in [0.717, 1.165) is 12.1 Å². The molecule has 184 valence electrons. The van der Waals surface area contributed by atoms with E-state index in [1.54, 1.807) is 11.5 Å². The molecule has 0 radical (unpaired) electrons. The molecule has 0 amide bonds. The van der Waals surface area contributed by atoms with Gasteiger partial charge in [-0.1, -0.05) is 37.3 Å². The predicted octanol–water partition coefficient (Wildman–Crippen LogP) is 5.51. The van der Waals surface area contributed by atoms with Gasteiger partial charge in [0.25, 0.3) is 6.01 Å². The highest BCUT2D eigenvalue weighted by molar-refractivity contribution is 7.93. The first-order valence-corrected chi connectivity index (χ1v) is 11.8. The van der Waals surface area contributed by atoms with Gasteiger partial charge in [-0.25, -0.2) is 9.37 Å². The van der Waals surface area contributed by atoms with Crippen molar-refractivity contribution in [2.24, 2.45) is 0 Å². The molecule has 1 aromatic heterocycles. The molecular formula is C22H23F4N4O3S-. The van der Waals surface area contributed by atoms with Gasteiger partial charge in [0, 0.05) is 16.8 Å². The number of benzene rings is 2. The first-order chi connectivity index (χ1) is 16.0. The summed E-state index contributed by atoms with van der Waals surface area (Å²) >= 11 is 0. The summed E-state index contributed by atoms with van der Waals surface area (Å²) in [7, 11) is -5.64. The molecule has 2 aromatic carbocycles. The minimum Gasteiger partial charge on any atom is -0.672 e. The number of aromatic nitrogens is 2. The van der Waals surface area contributed by atoms with Crippen molar-refractivity contribution in [1.29, 1.82) is 0 Å². The predicted molar refractivity (Wildman–Crippen MR) is 120 cm³/mol. The molecule has 0 unspecified atom stereocenters. The van der Waals surface area contributed by atoms with Crippen LogP contribution in [0.3, 0.4) is 0 Å². The Bertz CT molecular complexity index is 1270. The molecule has 0 spiro atoms. The lowest BCUT2D eigenvalue weighted by atomic mass is 10.0. The van der Waals surface area contributed by atoms with Gasteiger partial charge in [0.15, 0.2) is 0 Å². The summed E-state index contributed by atoms with van der Waals surface area (Å²) in [5.41, 5.74) is 3.80. The number of sulfonamides is 1. The summed E-state index contributed by atoms with van der Waals surface area (Å²) in [4.78, 5) is 4.39. The number of halogens is 4. The molecule has 12 heteroatoms. The second-order valence-electron chi connectivity index (χ2n) is 7.24. The first-order valence-electron chi connectivity index (χ1n) is 10.3. The summed E-state index contributed by atoms with van der Waals surface area (Å²) in [6, 6.07) is 9.75. The van der Waals surface area contributed by atoms with Crippen LogP contribution >= 0.6 is 0 Å². The van der Waals surface area contributed by atoms with Gasteiger partial charge in [0.05, 0.1) is 24.5 Å². The molecule has 0 saturated heterocycles. The summed E-state index contributed by atoms with van der Waals surface area (Å²) in [6.45, 7) is 3.97. The van der Waals surface area contributed by atoms with E-state index in [-0.39, 0.29) is 41.5 Å². The Hall–Kier alpha value is -3.12. The molecule has 2 N–H and O–H groups in total. The van der Waals surface area contributed by atoms with Crippen LogP contribution in [0, 0.1) is 5.82 Å². The molecule has 3 rings (SSSR count). The van der Waals surface area contributed by atoms with Crippen molar-refractivity contribution in [3.63, 3.8) is 0 Å². The zero-order chi connectivity index (χ0) is 25.1. The third-order valence-electron chi connectivity index (χ3n) is 5.06. The Morgan fingerprint density at radius 2 is 1.85 bits per heavy atom. The van der Waals surface area contributed by atoms with Crippen LogP contribution in [0.2, 0.25) is 0 Å². The Balaban J connectivity index is 1.98. The zero-order valence-electron chi connectivity index (χ0n) is 18.4. The van der Waals surface area contributed by atoms with Crippen molar-refractivity contribution in [3.05, 3.63) is 71.0 Å². The molecule has 1 heterocycles. The van der Waals surface area contributed by atoms with Crippen LogP contribution < -0.4 is 9.46 Å². The van der Waals surface area contributed by atoms with Gasteiger partial charge in [-0.3, -0.25) is 9.29 Å². The molecule has 7 nitrogen and oxygen atoms in total. The minimum absolute atomic E-state index is 0.0327. The number of aryl methyl sites for hydroxylation is 1. The van der Waals surface area contributed by atoms with E-state index in [9.17, 15) is 21.6 Å². The molecule has 0 aliphatic rings. The van der Waals surface area contributed by atoms with E-state index < -0.39 is 21.3 Å². The Labute approximate surface area is 194 Å². The summed E-state index contributed by atoms with van der Waals surface area (Å²) in [6.07, 6.45) is 0.577. The first kappa shape index (κ1) is 25.5. The van der Waals surface area contributed by atoms with Gasteiger partial charge < -0.3 is 10.5 Å². The molecule has 34 heavy (non-hydrogen) atoms. The van der Waals surface area contributed by atoms with Gasteiger partial charge in [0.2, 0.25) is 0 Å². The van der Waals surface area contributed by atoms with Crippen molar-refractivity contribution in [2.45, 2.75) is 38.9 Å². The summed E-state index contributed by atoms with van der Waals surface area (Å²) < 4.78 is 85.3. The van der Waals surface area contributed by atoms with Crippen LogP contribution in [0.4, 0.5) is 23.2 Å². The number of rotatable bonds is 9. The largest absolute Gasteiger partial charge is 0.672 e. The Kier molecular flexibility index (Phi) is 7.51. The molecule has 0 atom stereocenters. The third kappa shape index (κ3) is 5.17. The smallest absolute Gasteiger partial charge is 0.516 e. The van der Waals surface area contributed by atoms with Crippen LogP contribution in [0.5, 0.6) is 6.01 Å². The molecule has 0 aliphatic carbocycles. The lowest BCUT2D eigenvalue weighted by Crippen LogP contribution is -2.30. The van der Waals surface area contributed by atoms with Crippen LogP contribution in [-0.2, 0) is 29.5 Å². The maximum absolute atomic E-state index is 15.1. The minimum atomic E-state index is -5.64. The second-order valence-corrected chi connectivity index (χ2v) is 8.91. The fourth-order valence-electron chi connectivity index (χ4n) is 3.43. The van der Waals surface area contributed by atoms with Gasteiger partial charge in [0.1, 0.15) is 5.82 Å². The summed E-state index contributed by atoms with van der Waals surface area (Å²) in [5.74, 6) is -0.656. The van der Waals surface area contributed by atoms with E-state index in [1.807, 2.05) is 6.92 Å². The fourth-order valence-corrected chi connectivity index (χ4v) is 4.02. The normalized spacial score (nSPS) is 12.1. The number of ether oxygens (including phenoxy) is 1. The maximum atomic E-state index is 15.1. The van der Waals surface area contributed by atoms with Gasteiger partial charge >= 0.3 is 15.5 Å². The highest BCUT2D eigenvalue weighted by Crippen LogP contribution is 2.33. The number of anilines is 1. The number of hydrogen-bond acceptors (Lipinski definition) is 4. The molecule has 0 aliphatic heterocycles. The SMILES string of the molecule is CCOc1nc(CC)c(C[NH-])n1Cc1ccc(-c2ccccc2NS(=O)(=O)C(F)(F)F)cc1F. The molecule has 0 bridgehead atoms. The van der Waals surface area contributed by atoms with E-state index in [4.69, 9.17) is 10.5 Å². The number of nitrogens with zero attached hydrogens (tertiary/aromatic N) is 2. The number of alkyl halides is 3. The Morgan fingerprint density at radius 1 is 1.15 bits per heavy atom. The van der Waals surface area contributed by atoms with Crippen molar-refractivity contribution < 1.29 is 30.7 Å². The molecule has 0 saturated carbocycles. The third-order valence-corrected chi connectivity index (χ3v) is 6.16. The van der Waals surface area contributed by atoms with Crippen LogP contribution in [0.15, 0.2) is 42.5 Å². The average molecular weight is 500 g/mol. The van der Waals surface area contributed by atoms with Crippen molar-refractivity contribution >= 4 is 15.7 Å². The number of nitrogens with one attached hydrogen (secondary N) is 2. The van der Waals surface area contributed by atoms with Crippen LogP contribution in [-0.4, -0.2) is 30.1 Å². The lowest BCUT2D eigenvalue weighted by Gasteiger charge is -2.16. The van der Waals surface area contributed by atoms with Gasteiger partial charge in [-0.05, 0) is 31.0 Å². The fraction of sp³-hybridized carbons (Fsp3) is 0.318.